The molecule has 0 heterocycles. The monoisotopic (exact) mass is 249 g/mol. The molecule has 0 aromatic rings. The Morgan fingerprint density at radius 2 is 1.60 bits per heavy atom. The Morgan fingerprint density at radius 3 is 1.67 bits per heavy atom. The van der Waals surface area contributed by atoms with Crippen molar-refractivity contribution in [2.75, 3.05) is 0 Å². The van der Waals surface area contributed by atoms with Crippen LogP contribution in [0.25, 0.3) is 0 Å². The molecule has 0 rings (SSSR count). The third kappa shape index (κ3) is 9.82. The van der Waals surface area contributed by atoms with Crippen LogP contribution in [0.4, 0.5) is 0 Å². The van der Waals surface area contributed by atoms with Gasteiger partial charge >= 0.3 is 29.6 Å². The van der Waals surface area contributed by atoms with E-state index in [-0.39, 0.29) is 29.6 Å². The molecule has 1 unspecified atom stereocenters. The summed E-state index contributed by atoms with van der Waals surface area (Å²) in [6.07, 6.45) is -1.33. The third-order valence-corrected chi connectivity index (χ3v) is 2.05. The summed E-state index contributed by atoms with van der Waals surface area (Å²) in [5.41, 5.74) is 0. The molecule has 15 heavy (non-hydrogen) atoms. The molecule has 0 fully saturated rings. The van der Waals surface area contributed by atoms with Crippen molar-refractivity contribution >= 4 is 28.8 Å². The van der Waals surface area contributed by atoms with Gasteiger partial charge in [0, 0.05) is 12.4 Å². The molecule has 82 valence electrons. The van der Waals surface area contributed by atoms with Crippen molar-refractivity contribution in [2.24, 2.45) is 0 Å². The molecule has 10 heteroatoms. The predicted molar refractivity (Wildman–Crippen MR) is 37.1 cm³/mol. The molecule has 0 bridgehead atoms. The zero-order chi connectivity index (χ0) is 11.9. The molecule has 0 aliphatic rings. The fourth-order valence-corrected chi connectivity index (χ4v) is 1.05. The second-order valence-corrected chi connectivity index (χ2v) is 3.50. The first-order chi connectivity index (χ1) is 6.25. The summed E-state index contributed by atoms with van der Waals surface area (Å²) in [5, 5.41) is 17.3. The predicted octanol–water partition coefficient (Wildman–Crippen LogP) is -7.05. The molecule has 0 aliphatic carbocycles. The van der Waals surface area contributed by atoms with Crippen LogP contribution in [0.15, 0.2) is 0 Å². The topological polar surface area (TPSA) is 152 Å². The fraction of sp³-hybridized carbons (Fsp3) is 0.400. The molecule has 0 radical (unpaired) electrons. The number of rotatable bonds is 4. The average molecular weight is 249 g/mol. The van der Waals surface area contributed by atoms with E-state index in [9.17, 15) is 28.2 Å². The summed E-state index contributed by atoms with van der Waals surface area (Å²) in [7, 11) is -4.94. The van der Waals surface area contributed by atoms with Gasteiger partial charge in [-0.25, -0.2) is 0 Å². The molecule has 1 N–H and O–H groups in total. The van der Waals surface area contributed by atoms with Crippen molar-refractivity contribution < 1.29 is 67.1 Å². The van der Waals surface area contributed by atoms with Gasteiger partial charge in [-0.05, 0) is 0 Å². The van der Waals surface area contributed by atoms with Crippen LogP contribution < -0.4 is 39.8 Å². The van der Waals surface area contributed by atoms with E-state index in [2.05, 4.69) is 0 Å². The summed E-state index contributed by atoms with van der Waals surface area (Å²) in [6, 6.07) is 0. The van der Waals surface area contributed by atoms with Crippen LogP contribution in [0.1, 0.15) is 6.42 Å². The van der Waals surface area contributed by atoms with Crippen LogP contribution in [0.5, 0.6) is 0 Å². The van der Waals surface area contributed by atoms with Gasteiger partial charge in [0.1, 0.15) is 12.0 Å². The average Bonchev–Trinajstić information content (AvgIpc) is 2.01. The van der Waals surface area contributed by atoms with Gasteiger partial charge in [-0.15, -0.1) is 0 Å². The van der Waals surface area contributed by atoms with Crippen molar-refractivity contribution in [1.82, 2.24) is 0 Å². The third-order valence-electron chi connectivity index (χ3n) is 0.975. The first kappa shape index (κ1) is 20.0. The van der Waals surface area contributed by atoms with Crippen molar-refractivity contribution in [3.05, 3.63) is 0 Å². The zero-order valence-corrected chi connectivity index (χ0v) is 10.5. The van der Waals surface area contributed by atoms with E-state index in [1.165, 1.54) is 0 Å². The molecule has 0 aromatic carbocycles. The SMILES string of the molecule is C=O.O=C([O-])CC(C(=O)[O-])S(=O)(=O)O.[Na+]. The Kier molecular flexibility index (Phi) is 11.7. The molecule has 8 nitrogen and oxygen atoms in total. The minimum Gasteiger partial charge on any atom is -0.550 e. The van der Waals surface area contributed by atoms with Crippen LogP contribution in [-0.2, 0) is 24.5 Å². The van der Waals surface area contributed by atoms with Crippen molar-refractivity contribution in [3.8, 4) is 0 Å². The van der Waals surface area contributed by atoms with Gasteiger partial charge in [-0.2, -0.15) is 8.42 Å². The van der Waals surface area contributed by atoms with E-state index in [0.717, 1.165) is 0 Å². The summed E-state index contributed by atoms with van der Waals surface area (Å²) >= 11 is 0. The molecular weight excluding hydrogens is 243 g/mol. The maximum absolute atomic E-state index is 10.2. The minimum atomic E-state index is -4.94. The second kappa shape index (κ2) is 8.80. The normalized spacial score (nSPS) is 11.3. The van der Waals surface area contributed by atoms with Gasteiger partial charge in [-0.1, -0.05) is 0 Å². The van der Waals surface area contributed by atoms with Gasteiger partial charge in [0.05, 0.1) is 5.97 Å². The van der Waals surface area contributed by atoms with E-state index in [0.29, 0.717) is 0 Å². The van der Waals surface area contributed by atoms with Crippen LogP contribution in [-0.4, -0.2) is 36.9 Å². The quantitative estimate of drug-likeness (QED) is 0.381. The molecule has 0 aromatic heterocycles. The fourth-order valence-electron chi connectivity index (χ4n) is 0.462. The molecule has 1 atom stereocenters. The van der Waals surface area contributed by atoms with E-state index < -0.39 is 33.7 Å². The maximum atomic E-state index is 10.2. The molecule has 0 aliphatic heterocycles. The van der Waals surface area contributed by atoms with Gasteiger partial charge in [-0.3, -0.25) is 4.55 Å². The standard InChI is InChI=1S/C4H6O7S.CH2O.Na/c5-3(6)1-2(4(7)8)12(9,10)11;1-2;/h2H,1H2,(H,5,6)(H,7,8)(H,9,10,11);1H2;/q;;+1/p-2. The van der Waals surface area contributed by atoms with E-state index in [4.69, 9.17) is 9.35 Å². The Labute approximate surface area is 107 Å². The Hall–Kier alpha value is -0.480. The van der Waals surface area contributed by atoms with Crippen LogP contribution >= 0.6 is 0 Å². The zero-order valence-electron chi connectivity index (χ0n) is 7.70. The largest absolute Gasteiger partial charge is 1.00 e. The first-order valence-electron chi connectivity index (χ1n) is 2.91. The number of aliphatic carboxylic acids is 2. The number of carbonyl (C=O) groups excluding carboxylic acids is 3. The van der Waals surface area contributed by atoms with Crippen LogP contribution in [0.2, 0.25) is 0 Å². The molecule has 0 amide bonds. The van der Waals surface area contributed by atoms with Crippen molar-refractivity contribution in [1.29, 1.82) is 0 Å². The summed E-state index contributed by atoms with van der Waals surface area (Å²) < 4.78 is 28.5. The smallest absolute Gasteiger partial charge is 0.550 e. The van der Waals surface area contributed by atoms with E-state index in [1.54, 1.807) is 0 Å². The summed E-state index contributed by atoms with van der Waals surface area (Å²) in [4.78, 5) is 27.7. The van der Waals surface area contributed by atoms with Crippen LogP contribution in [0, 0.1) is 0 Å². The van der Waals surface area contributed by atoms with Gasteiger partial charge in [0.25, 0.3) is 10.1 Å². The number of hydrogen-bond donors (Lipinski definition) is 1. The van der Waals surface area contributed by atoms with Gasteiger partial charge in [0.2, 0.25) is 0 Å². The number of carboxylic acid groups (broad SMARTS) is 2. The minimum absolute atomic E-state index is 0. The molecule has 0 saturated carbocycles. The Balaban J connectivity index is -0.000000449. The van der Waals surface area contributed by atoms with Crippen LogP contribution in [0.3, 0.4) is 0 Å². The number of carboxylic acids is 2. The molecular formula is C5H6NaO8S-. The number of carbonyl (C=O) groups is 3. The van der Waals surface area contributed by atoms with Crippen molar-refractivity contribution in [2.45, 2.75) is 11.7 Å². The summed E-state index contributed by atoms with van der Waals surface area (Å²) in [5.74, 6) is -4.08. The molecule has 0 saturated heterocycles. The van der Waals surface area contributed by atoms with E-state index in [1.807, 2.05) is 6.79 Å². The van der Waals surface area contributed by atoms with Crippen molar-refractivity contribution in [3.63, 3.8) is 0 Å². The van der Waals surface area contributed by atoms with Gasteiger partial charge in [0.15, 0.2) is 0 Å². The van der Waals surface area contributed by atoms with Gasteiger partial charge < -0.3 is 24.6 Å². The maximum Gasteiger partial charge on any atom is 1.00 e. The van der Waals surface area contributed by atoms with E-state index >= 15 is 0 Å². The second-order valence-electron chi connectivity index (χ2n) is 1.90. The Morgan fingerprint density at radius 1 is 1.27 bits per heavy atom. The molecule has 0 spiro atoms. The summed E-state index contributed by atoms with van der Waals surface area (Å²) in [6.45, 7) is 2.00. The first-order valence-corrected chi connectivity index (χ1v) is 4.41. The Bertz CT molecular complexity index is 309. The number of hydrogen-bond acceptors (Lipinski definition) is 7.